The fourth-order valence-corrected chi connectivity index (χ4v) is 6.38. The lowest BCUT2D eigenvalue weighted by Crippen LogP contribution is -2.13. The van der Waals surface area contributed by atoms with Crippen LogP contribution < -0.4 is 0 Å². The summed E-state index contributed by atoms with van der Waals surface area (Å²) in [4.78, 5) is 2.61. The van der Waals surface area contributed by atoms with Crippen LogP contribution in [0.2, 0.25) is 0 Å². The van der Waals surface area contributed by atoms with E-state index in [0.29, 0.717) is 5.92 Å². The van der Waals surface area contributed by atoms with Crippen molar-refractivity contribution in [3.05, 3.63) is 97.4 Å². The van der Waals surface area contributed by atoms with Crippen LogP contribution in [0.4, 0.5) is 0 Å². The normalized spacial score (nSPS) is 11.5. The van der Waals surface area contributed by atoms with E-state index >= 15 is 0 Å². The Balaban J connectivity index is 1.44. The predicted octanol–water partition coefficient (Wildman–Crippen LogP) is 9.68. The minimum Gasteiger partial charge on any atom is -0.128 e. The van der Waals surface area contributed by atoms with E-state index in [2.05, 4.69) is 119 Å². The molecule has 0 N–H and O–H groups in total. The Hall–Kier alpha value is -1.20. The van der Waals surface area contributed by atoms with Crippen LogP contribution in [0.5, 0.6) is 0 Å². The maximum Gasteiger partial charge on any atom is 0.0705 e. The number of thiophene rings is 2. The van der Waals surface area contributed by atoms with E-state index in [0.717, 1.165) is 12.8 Å². The summed E-state index contributed by atoms with van der Waals surface area (Å²) < 4.78 is 2.35. The molecule has 0 aliphatic heterocycles. The fourth-order valence-electron chi connectivity index (χ4n) is 3.60. The third kappa shape index (κ3) is 5.53. The van der Waals surface area contributed by atoms with Gasteiger partial charge in [-0.05, 0) is 103 Å². The molecule has 4 rings (SSSR count). The minimum atomic E-state index is 0.550. The first-order chi connectivity index (χ1) is 14.5. The van der Waals surface area contributed by atoms with Crippen LogP contribution in [0.15, 0.2) is 80.4 Å². The van der Waals surface area contributed by atoms with Crippen molar-refractivity contribution in [1.82, 2.24) is 0 Å². The van der Waals surface area contributed by atoms with Crippen molar-refractivity contribution in [2.45, 2.75) is 26.7 Å². The zero-order valence-electron chi connectivity index (χ0n) is 17.0. The molecule has 0 saturated heterocycles. The predicted molar refractivity (Wildman–Crippen MR) is 140 cm³/mol. The average molecular weight is 559 g/mol. The van der Waals surface area contributed by atoms with Gasteiger partial charge >= 0.3 is 0 Å². The summed E-state index contributed by atoms with van der Waals surface area (Å²) in [7, 11) is 0. The number of benzene rings is 2. The Bertz CT molecular complexity index is 1000. The minimum absolute atomic E-state index is 0.550. The molecule has 0 aliphatic rings. The number of halogens is 2. The van der Waals surface area contributed by atoms with Crippen molar-refractivity contribution in [2.24, 2.45) is 5.92 Å². The molecule has 4 aromatic rings. The van der Waals surface area contributed by atoms with Gasteiger partial charge in [0.2, 0.25) is 0 Å². The summed E-state index contributed by atoms with van der Waals surface area (Å²) in [5.74, 6) is 2.04. The van der Waals surface area contributed by atoms with Crippen molar-refractivity contribution < 1.29 is 0 Å². The highest BCUT2D eigenvalue weighted by atomic mass is 79.9. The van der Waals surface area contributed by atoms with E-state index in [4.69, 9.17) is 0 Å². The summed E-state index contributed by atoms with van der Waals surface area (Å²) in [5.41, 5.74) is 5.39. The monoisotopic (exact) mass is 557 g/mol. The summed E-state index contributed by atoms with van der Waals surface area (Å²) in [6.45, 7) is 4.53. The molecular formula is C26H23Br2S2. The van der Waals surface area contributed by atoms with E-state index in [1.807, 2.05) is 0 Å². The zero-order chi connectivity index (χ0) is 21.1. The Morgan fingerprint density at radius 1 is 0.633 bits per heavy atom. The average Bonchev–Trinajstić information content (AvgIpc) is 3.37. The van der Waals surface area contributed by atoms with Gasteiger partial charge in [0.15, 0.2) is 0 Å². The quantitative estimate of drug-likeness (QED) is 0.212. The molecule has 153 valence electrons. The maximum absolute atomic E-state index is 3.56. The summed E-state index contributed by atoms with van der Waals surface area (Å²) in [5, 5.41) is 0. The molecule has 0 bridgehead atoms. The van der Waals surface area contributed by atoms with Gasteiger partial charge in [-0.15, -0.1) is 22.7 Å². The van der Waals surface area contributed by atoms with Crippen LogP contribution in [0, 0.1) is 11.8 Å². The van der Waals surface area contributed by atoms with Gasteiger partial charge in [-0.25, -0.2) is 0 Å². The molecule has 30 heavy (non-hydrogen) atoms. The van der Waals surface area contributed by atoms with Crippen LogP contribution in [-0.2, 0) is 12.8 Å². The van der Waals surface area contributed by atoms with Crippen LogP contribution in [0.1, 0.15) is 25.0 Å². The first-order valence-electron chi connectivity index (χ1n) is 9.97. The van der Waals surface area contributed by atoms with Crippen molar-refractivity contribution in [2.75, 3.05) is 0 Å². The summed E-state index contributed by atoms with van der Waals surface area (Å²) in [6, 6.07) is 26.7. The van der Waals surface area contributed by atoms with Crippen LogP contribution in [0.3, 0.4) is 0 Å². The zero-order valence-corrected chi connectivity index (χ0v) is 21.8. The van der Waals surface area contributed by atoms with Gasteiger partial charge < -0.3 is 0 Å². The lowest BCUT2D eigenvalue weighted by atomic mass is 9.84. The van der Waals surface area contributed by atoms with Crippen molar-refractivity contribution in [3.63, 3.8) is 0 Å². The van der Waals surface area contributed by atoms with E-state index in [1.54, 1.807) is 22.7 Å². The van der Waals surface area contributed by atoms with Crippen molar-refractivity contribution in [1.29, 1.82) is 0 Å². The molecule has 2 aromatic carbocycles. The molecular weight excluding hydrogens is 536 g/mol. The van der Waals surface area contributed by atoms with Gasteiger partial charge in [-0.2, -0.15) is 0 Å². The largest absolute Gasteiger partial charge is 0.128 e. The first kappa shape index (κ1) is 22.0. The Kier molecular flexibility index (Phi) is 7.30. The van der Waals surface area contributed by atoms with E-state index < -0.39 is 0 Å². The number of hydrogen-bond acceptors (Lipinski definition) is 2. The van der Waals surface area contributed by atoms with E-state index in [-0.39, 0.29) is 0 Å². The first-order valence-corrected chi connectivity index (χ1v) is 13.2. The second-order valence-electron chi connectivity index (χ2n) is 7.78. The topological polar surface area (TPSA) is 0 Å². The fraction of sp³-hybridized carbons (Fsp3) is 0.192. The molecule has 0 fully saturated rings. The molecule has 0 amide bonds. The molecule has 0 nitrogen and oxygen atoms in total. The second kappa shape index (κ2) is 9.95. The number of hydrogen-bond donors (Lipinski definition) is 0. The smallest absolute Gasteiger partial charge is 0.0705 e. The third-order valence-corrected chi connectivity index (χ3v) is 8.75. The molecule has 0 atom stereocenters. The summed E-state index contributed by atoms with van der Waals surface area (Å²) in [6.07, 6.45) is 2.16. The Morgan fingerprint density at radius 2 is 1.03 bits per heavy atom. The second-order valence-corrected chi connectivity index (χ2v) is 12.7. The molecule has 0 unspecified atom stereocenters. The SMILES string of the molecule is C[C](C)C(Cc1ccc(-c2ccc(Br)s2)cc1)Cc1ccc(-c2ccc(Br)s2)cc1. The van der Waals surface area contributed by atoms with Crippen LogP contribution in [-0.4, -0.2) is 0 Å². The lowest BCUT2D eigenvalue weighted by Gasteiger charge is -2.21. The van der Waals surface area contributed by atoms with Gasteiger partial charge in [-0.1, -0.05) is 62.4 Å². The highest BCUT2D eigenvalue weighted by Gasteiger charge is 2.16. The van der Waals surface area contributed by atoms with Gasteiger partial charge in [0.05, 0.1) is 7.57 Å². The van der Waals surface area contributed by atoms with Crippen LogP contribution >= 0.6 is 54.5 Å². The van der Waals surface area contributed by atoms with E-state index in [9.17, 15) is 0 Å². The highest BCUT2D eigenvalue weighted by Crippen LogP contribution is 2.33. The van der Waals surface area contributed by atoms with Gasteiger partial charge in [-0.3, -0.25) is 0 Å². The Morgan fingerprint density at radius 3 is 1.33 bits per heavy atom. The standard InChI is InChI=1S/C26H23Br2S2/c1-17(2)22(15-18-3-7-20(8-4-18)23-11-13-25(27)29-23)16-19-5-9-21(10-6-19)24-12-14-26(28)30-24/h3-14,22H,15-16H2,1-2H3. The van der Waals surface area contributed by atoms with E-state index in [1.165, 1.54) is 45.5 Å². The van der Waals surface area contributed by atoms with Gasteiger partial charge in [0.1, 0.15) is 0 Å². The van der Waals surface area contributed by atoms with Gasteiger partial charge in [0.25, 0.3) is 0 Å². The van der Waals surface area contributed by atoms with Crippen molar-refractivity contribution >= 4 is 54.5 Å². The van der Waals surface area contributed by atoms with Crippen molar-refractivity contribution in [3.8, 4) is 20.9 Å². The maximum atomic E-state index is 3.56. The molecule has 1 radical (unpaired) electrons. The lowest BCUT2D eigenvalue weighted by molar-refractivity contribution is 0.541. The van der Waals surface area contributed by atoms with Crippen LogP contribution in [0.25, 0.3) is 20.9 Å². The molecule has 0 aliphatic carbocycles. The molecule has 0 saturated carbocycles. The van der Waals surface area contributed by atoms with Gasteiger partial charge in [0, 0.05) is 9.75 Å². The Labute approximate surface area is 204 Å². The number of rotatable bonds is 7. The molecule has 2 heterocycles. The molecule has 4 heteroatoms. The molecule has 0 spiro atoms. The molecule has 2 aromatic heterocycles. The summed E-state index contributed by atoms with van der Waals surface area (Å²) >= 11 is 10.7. The highest BCUT2D eigenvalue weighted by molar-refractivity contribution is 9.11. The third-order valence-electron chi connectivity index (χ3n) is 5.40.